The van der Waals surface area contributed by atoms with E-state index in [0.29, 0.717) is 12.3 Å². The van der Waals surface area contributed by atoms with Crippen LogP contribution in [0.25, 0.3) is 0 Å². The molecule has 0 fully saturated rings. The van der Waals surface area contributed by atoms with Crippen molar-refractivity contribution in [3.63, 3.8) is 0 Å². The molecule has 0 aromatic heterocycles. The van der Waals surface area contributed by atoms with Gasteiger partial charge in [0.25, 0.3) is 0 Å². The lowest BCUT2D eigenvalue weighted by Crippen LogP contribution is -2.30. The quantitative estimate of drug-likeness (QED) is 0.275. The van der Waals surface area contributed by atoms with Crippen molar-refractivity contribution in [1.82, 2.24) is 0 Å². The highest BCUT2D eigenvalue weighted by Gasteiger charge is 2.33. The number of hydrogen-bond acceptors (Lipinski definition) is 3. The van der Waals surface area contributed by atoms with Gasteiger partial charge in [-0.1, -0.05) is 106 Å². The van der Waals surface area contributed by atoms with Gasteiger partial charge < -0.3 is 0 Å². The van der Waals surface area contributed by atoms with Crippen LogP contribution in [0.4, 0.5) is 0 Å². The van der Waals surface area contributed by atoms with Crippen LogP contribution in [-0.4, -0.2) is 17.3 Å². The zero-order chi connectivity index (χ0) is 29.0. The molecule has 0 spiro atoms. The average molecular weight is 517 g/mol. The largest absolute Gasteiger partial charge is 0.300 e. The molecule has 3 unspecified atom stereocenters. The molecule has 0 saturated heterocycles. The van der Waals surface area contributed by atoms with Crippen molar-refractivity contribution in [2.75, 3.05) is 0 Å². The maximum absolute atomic E-state index is 12.8. The molecule has 3 atom stereocenters. The maximum atomic E-state index is 12.8. The number of carbonyl (C=O) groups is 3. The number of ketones is 3. The topological polar surface area (TPSA) is 51.2 Å². The van der Waals surface area contributed by atoms with Crippen molar-refractivity contribution in [3.8, 4) is 0 Å². The molecule has 214 valence electrons. The summed E-state index contributed by atoms with van der Waals surface area (Å²) in [4.78, 5) is 36.9. The number of hydrogen-bond donors (Lipinski definition) is 0. The second-order valence-electron chi connectivity index (χ2n) is 10.5. The Hall–Kier alpha value is -1.77. The van der Waals surface area contributed by atoms with Crippen LogP contribution in [0.2, 0.25) is 0 Å². The molecule has 3 heteroatoms. The molecule has 0 heterocycles. The van der Waals surface area contributed by atoms with Gasteiger partial charge in [-0.3, -0.25) is 14.4 Å². The van der Waals surface area contributed by atoms with Gasteiger partial charge in [-0.2, -0.15) is 0 Å². The predicted molar refractivity (Wildman–Crippen MR) is 162 cm³/mol. The summed E-state index contributed by atoms with van der Waals surface area (Å²) in [6.45, 7) is 22.4. The van der Waals surface area contributed by atoms with E-state index in [1.54, 1.807) is 0 Å². The third kappa shape index (κ3) is 14.1. The zero-order valence-electron chi connectivity index (χ0n) is 26.4. The van der Waals surface area contributed by atoms with E-state index >= 15 is 0 Å². The van der Waals surface area contributed by atoms with E-state index in [0.717, 1.165) is 43.2 Å². The fraction of sp³-hybridized carbons (Fsp3) is 0.735. The summed E-state index contributed by atoms with van der Waals surface area (Å²) in [5.41, 5.74) is 4.40. The number of benzene rings is 1. The first kappa shape index (κ1) is 37.4. The molecule has 0 aliphatic heterocycles. The SMILES string of the molecule is CC.CCC.CCCC(CC1CC(=O)c2c(C)ccc(C)c2C1)C(CC)C(=O)CC(C)=O.CCCCC. The lowest BCUT2D eigenvalue weighted by atomic mass is 9.71. The van der Waals surface area contributed by atoms with Gasteiger partial charge in [0.05, 0.1) is 6.42 Å². The van der Waals surface area contributed by atoms with Gasteiger partial charge in [-0.15, -0.1) is 0 Å². The summed E-state index contributed by atoms with van der Waals surface area (Å²) in [6, 6.07) is 4.15. The third-order valence-corrected chi connectivity index (χ3v) is 6.85. The van der Waals surface area contributed by atoms with Crippen LogP contribution in [0.1, 0.15) is 154 Å². The van der Waals surface area contributed by atoms with Crippen molar-refractivity contribution in [1.29, 1.82) is 0 Å². The first-order chi connectivity index (χ1) is 17.6. The van der Waals surface area contributed by atoms with Crippen LogP contribution in [0.5, 0.6) is 0 Å². The monoisotopic (exact) mass is 516 g/mol. The van der Waals surface area contributed by atoms with Gasteiger partial charge in [0, 0.05) is 17.9 Å². The number of fused-ring (bicyclic) bond motifs is 1. The third-order valence-electron chi connectivity index (χ3n) is 6.85. The highest BCUT2D eigenvalue weighted by atomic mass is 16.1. The first-order valence-electron chi connectivity index (χ1n) is 15.3. The van der Waals surface area contributed by atoms with Crippen LogP contribution >= 0.6 is 0 Å². The predicted octanol–water partition coefficient (Wildman–Crippen LogP) is 10.1. The van der Waals surface area contributed by atoms with Crippen LogP contribution in [0.15, 0.2) is 12.1 Å². The minimum atomic E-state index is -0.0658. The second-order valence-corrected chi connectivity index (χ2v) is 10.5. The summed E-state index contributed by atoms with van der Waals surface area (Å²) in [6.07, 6.45) is 10.5. The molecule has 1 aromatic rings. The molecule has 1 aromatic carbocycles. The van der Waals surface area contributed by atoms with Crippen LogP contribution < -0.4 is 0 Å². The van der Waals surface area contributed by atoms with Gasteiger partial charge in [0.1, 0.15) is 11.6 Å². The lowest BCUT2D eigenvalue weighted by Gasteiger charge is -2.32. The number of Topliss-reactive ketones (excluding diaryl/α,β-unsaturated/α-hetero) is 3. The van der Waals surface area contributed by atoms with E-state index in [2.05, 4.69) is 47.6 Å². The first-order valence-corrected chi connectivity index (χ1v) is 15.3. The molecule has 2 rings (SSSR count). The highest BCUT2D eigenvalue weighted by Crippen LogP contribution is 2.37. The number of rotatable bonds is 11. The molecule has 1 aliphatic rings. The van der Waals surface area contributed by atoms with Crippen LogP contribution in [0, 0.1) is 31.6 Å². The van der Waals surface area contributed by atoms with Crippen molar-refractivity contribution in [2.24, 2.45) is 17.8 Å². The molecule has 3 nitrogen and oxygen atoms in total. The zero-order valence-corrected chi connectivity index (χ0v) is 26.4. The van der Waals surface area contributed by atoms with Gasteiger partial charge in [0.15, 0.2) is 5.78 Å². The molecular formula is C34H60O3. The normalized spacial score (nSPS) is 15.4. The van der Waals surface area contributed by atoms with Gasteiger partial charge in [-0.05, 0) is 68.6 Å². The standard InChI is InChI=1S/C24H34O3.C5H12.C3H8.C2H6/c1-6-8-19(20(7-2)22(26)11-17(5)25)12-18-13-21-15(3)9-10-16(4)24(21)23(27)14-18;1-3-5-4-2;1-3-2;1-2/h9-10,18-20H,6-8,11-14H2,1-5H3;3-5H2,1-2H3;3H2,1-2H3;1-2H3. The van der Waals surface area contributed by atoms with Gasteiger partial charge in [-0.25, -0.2) is 0 Å². The van der Waals surface area contributed by atoms with Gasteiger partial charge >= 0.3 is 0 Å². The summed E-state index contributed by atoms with van der Waals surface area (Å²) >= 11 is 0. The molecule has 1 aliphatic carbocycles. The van der Waals surface area contributed by atoms with Crippen LogP contribution in [0.3, 0.4) is 0 Å². The molecule has 0 amide bonds. The minimum absolute atomic E-state index is 0.0451. The minimum Gasteiger partial charge on any atom is -0.300 e. The fourth-order valence-electron chi connectivity index (χ4n) is 5.25. The van der Waals surface area contributed by atoms with E-state index < -0.39 is 0 Å². The Morgan fingerprint density at radius 3 is 1.86 bits per heavy atom. The average Bonchev–Trinajstić information content (AvgIpc) is 2.84. The Morgan fingerprint density at radius 1 is 0.892 bits per heavy atom. The summed E-state index contributed by atoms with van der Waals surface area (Å²) in [5.74, 6) is 0.766. The molecule has 0 saturated carbocycles. The van der Waals surface area contributed by atoms with Crippen molar-refractivity contribution >= 4 is 17.3 Å². The summed E-state index contributed by atoms with van der Waals surface area (Å²) in [7, 11) is 0. The van der Waals surface area contributed by atoms with Crippen molar-refractivity contribution in [3.05, 3.63) is 34.4 Å². The maximum Gasteiger partial charge on any atom is 0.163 e. The molecule has 0 bridgehead atoms. The van der Waals surface area contributed by atoms with E-state index in [4.69, 9.17) is 0 Å². The Morgan fingerprint density at radius 2 is 1.43 bits per heavy atom. The molecular weight excluding hydrogens is 456 g/mol. The van der Waals surface area contributed by atoms with E-state index in [-0.39, 0.29) is 35.6 Å². The second kappa shape index (κ2) is 22.2. The Kier molecular flexibility index (Phi) is 22.5. The van der Waals surface area contributed by atoms with Crippen LogP contribution in [-0.2, 0) is 16.0 Å². The number of carbonyl (C=O) groups excluding carboxylic acids is 3. The van der Waals surface area contributed by atoms with E-state index in [9.17, 15) is 14.4 Å². The molecule has 0 radical (unpaired) electrons. The number of unbranched alkanes of at least 4 members (excludes halogenated alkanes) is 2. The lowest BCUT2D eigenvalue weighted by molar-refractivity contribution is -0.129. The smallest absolute Gasteiger partial charge is 0.163 e. The summed E-state index contributed by atoms with van der Waals surface area (Å²) < 4.78 is 0. The Labute approximate surface area is 230 Å². The Balaban J connectivity index is 0. The van der Waals surface area contributed by atoms with E-state index in [1.165, 1.54) is 43.7 Å². The number of aryl methyl sites for hydroxylation is 2. The highest BCUT2D eigenvalue weighted by molar-refractivity contribution is 6.00. The molecule has 0 N–H and O–H groups in total. The Bertz CT molecular complexity index is 776. The van der Waals surface area contributed by atoms with Crippen molar-refractivity contribution < 1.29 is 14.4 Å². The summed E-state index contributed by atoms with van der Waals surface area (Å²) in [5, 5.41) is 0. The van der Waals surface area contributed by atoms with Crippen molar-refractivity contribution in [2.45, 2.75) is 147 Å². The van der Waals surface area contributed by atoms with Gasteiger partial charge in [0.2, 0.25) is 0 Å². The fourth-order valence-corrected chi connectivity index (χ4v) is 5.25. The molecule has 37 heavy (non-hydrogen) atoms. The van der Waals surface area contributed by atoms with E-state index in [1.807, 2.05) is 33.8 Å².